The van der Waals surface area contributed by atoms with Crippen LogP contribution in [0.3, 0.4) is 0 Å². The molecule has 30 heavy (non-hydrogen) atoms. The third kappa shape index (κ3) is 4.68. The number of rotatable bonds is 12. The van der Waals surface area contributed by atoms with Crippen LogP contribution in [0.5, 0.6) is 0 Å². The van der Waals surface area contributed by atoms with Crippen molar-refractivity contribution in [3.8, 4) is 0 Å². The molecule has 2 fully saturated rings. The second kappa shape index (κ2) is 9.22. The molecule has 2 aliphatic carbocycles. The molecule has 0 radical (unpaired) electrons. The van der Waals surface area contributed by atoms with Gasteiger partial charge in [0.25, 0.3) is 10.1 Å². The summed E-state index contributed by atoms with van der Waals surface area (Å²) in [5.41, 5.74) is -1.18. The minimum atomic E-state index is -3.97. The van der Waals surface area contributed by atoms with Gasteiger partial charge in [0.05, 0.1) is 16.9 Å². The summed E-state index contributed by atoms with van der Waals surface area (Å²) in [6.07, 6.45) is 5.34. The number of ketones is 2. The Labute approximate surface area is 185 Å². The molecule has 0 spiro atoms. The van der Waals surface area contributed by atoms with Crippen molar-refractivity contribution in [1.29, 1.82) is 0 Å². The molecule has 2 bridgehead atoms. The molecule has 2 unspecified atom stereocenters. The summed E-state index contributed by atoms with van der Waals surface area (Å²) < 4.78 is 32.9. The van der Waals surface area contributed by atoms with Gasteiger partial charge in [0.15, 0.2) is 0 Å². The van der Waals surface area contributed by atoms with Crippen LogP contribution in [0, 0.1) is 16.7 Å². The van der Waals surface area contributed by atoms with Crippen LogP contribution >= 0.6 is 10.3 Å². The lowest BCUT2D eigenvalue weighted by molar-refractivity contribution is -0.128. The molecule has 2 atom stereocenters. The molecule has 0 aromatic heterocycles. The van der Waals surface area contributed by atoms with Gasteiger partial charge < -0.3 is 0 Å². The topological polar surface area (TPSA) is 77.5 Å². The Morgan fingerprint density at radius 3 is 2.17 bits per heavy atom. The Morgan fingerprint density at radius 1 is 1.13 bits per heavy atom. The normalized spacial score (nSPS) is 26.7. The first-order valence-corrected chi connectivity index (χ1v) is 14.9. The number of hydrogen-bond acceptors (Lipinski definition) is 5. The van der Waals surface area contributed by atoms with Gasteiger partial charge in [-0.25, -0.2) is 3.63 Å². The lowest BCUT2D eigenvalue weighted by Crippen LogP contribution is -2.43. The van der Waals surface area contributed by atoms with Crippen molar-refractivity contribution in [3.05, 3.63) is 0 Å². The number of carbonyl (C=O) groups excluding carboxylic acids is 2. The second-order valence-electron chi connectivity index (χ2n) is 10.5. The highest BCUT2D eigenvalue weighted by molar-refractivity contribution is 8.34. The third-order valence-corrected chi connectivity index (χ3v) is 14.5. The number of fused-ring (bicyclic) bond motifs is 2. The Morgan fingerprint density at radius 2 is 1.73 bits per heavy atom. The summed E-state index contributed by atoms with van der Waals surface area (Å²) in [4.78, 5) is 25.6. The largest absolute Gasteiger partial charge is 0.299 e. The van der Waals surface area contributed by atoms with Gasteiger partial charge in [0.2, 0.25) is 0 Å². The van der Waals surface area contributed by atoms with E-state index in [1.807, 2.05) is 41.5 Å². The summed E-state index contributed by atoms with van der Waals surface area (Å²) in [5.74, 6) is 0.347. The molecular weight excluding hydrogens is 420 g/mol. The van der Waals surface area contributed by atoms with Gasteiger partial charge in [-0.3, -0.25) is 9.59 Å². The van der Waals surface area contributed by atoms with E-state index in [1.165, 1.54) is 0 Å². The first-order chi connectivity index (χ1) is 13.7. The SMILES string of the molecule is CCCCCC(=O)CS(OS(=O)(=O)CC12CCC(CC1=O)C2(C)C)(C(C)C)C(C)C. The molecule has 176 valence electrons. The number of carbonyl (C=O) groups is 2. The maximum atomic E-state index is 13.4. The highest BCUT2D eigenvalue weighted by atomic mass is 32.3. The van der Waals surface area contributed by atoms with Crippen LogP contribution in [-0.4, -0.2) is 42.0 Å². The first kappa shape index (κ1) is 25.9. The highest BCUT2D eigenvalue weighted by Crippen LogP contribution is 2.65. The molecule has 0 aliphatic heterocycles. The minimum absolute atomic E-state index is 0.0662. The van der Waals surface area contributed by atoms with Gasteiger partial charge in [-0.1, -0.05) is 61.3 Å². The summed E-state index contributed by atoms with van der Waals surface area (Å²) in [5, 5.41) is -0.132. The number of Topliss-reactive ketones (excluding diaryl/α,β-unsaturated/α-hetero) is 2. The van der Waals surface area contributed by atoms with Crippen LogP contribution in [-0.2, 0) is 23.3 Å². The quantitative estimate of drug-likeness (QED) is 0.362. The number of unbranched alkanes of at least 4 members (excludes halogenated alkanes) is 2. The maximum Gasteiger partial charge on any atom is 0.277 e. The first-order valence-electron chi connectivity index (χ1n) is 11.5. The van der Waals surface area contributed by atoms with Crippen LogP contribution in [0.15, 0.2) is 0 Å². The second-order valence-corrected chi connectivity index (χ2v) is 16.1. The average molecular weight is 463 g/mol. The Balaban J connectivity index is 2.28. The van der Waals surface area contributed by atoms with Gasteiger partial charge in [0.1, 0.15) is 11.6 Å². The fraction of sp³-hybridized carbons (Fsp3) is 0.913. The maximum absolute atomic E-state index is 13.4. The minimum Gasteiger partial charge on any atom is -0.299 e. The predicted molar refractivity (Wildman–Crippen MR) is 125 cm³/mol. The van der Waals surface area contributed by atoms with E-state index in [4.69, 9.17) is 3.63 Å². The fourth-order valence-corrected chi connectivity index (χ4v) is 12.5. The van der Waals surface area contributed by atoms with Crippen molar-refractivity contribution in [1.82, 2.24) is 0 Å². The zero-order valence-corrected chi connectivity index (χ0v) is 21.6. The van der Waals surface area contributed by atoms with Crippen LogP contribution in [0.1, 0.15) is 93.4 Å². The predicted octanol–water partition coefficient (Wildman–Crippen LogP) is 5.41. The average Bonchev–Trinajstić information content (AvgIpc) is 2.94. The van der Waals surface area contributed by atoms with E-state index in [-0.39, 0.29) is 44.9 Å². The summed E-state index contributed by atoms with van der Waals surface area (Å²) in [6, 6.07) is 0. The van der Waals surface area contributed by atoms with E-state index in [2.05, 4.69) is 6.92 Å². The van der Waals surface area contributed by atoms with Crippen molar-refractivity contribution < 1.29 is 21.6 Å². The van der Waals surface area contributed by atoms with Crippen molar-refractivity contribution in [2.75, 3.05) is 11.5 Å². The van der Waals surface area contributed by atoms with E-state index < -0.39 is 25.8 Å². The Hall–Kier alpha value is -0.400. The summed E-state index contributed by atoms with van der Waals surface area (Å²) in [7, 11) is -6.16. The van der Waals surface area contributed by atoms with E-state index >= 15 is 0 Å². The molecule has 0 aromatic rings. The number of hydrogen-bond donors (Lipinski definition) is 0. The van der Waals surface area contributed by atoms with Crippen LogP contribution in [0.2, 0.25) is 0 Å². The summed E-state index contributed by atoms with van der Waals surface area (Å²) in [6.45, 7) is 14.0. The zero-order valence-electron chi connectivity index (χ0n) is 20.0. The smallest absolute Gasteiger partial charge is 0.277 e. The van der Waals surface area contributed by atoms with Crippen molar-refractivity contribution in [3.63, 3.8) is 0 Å². The van der Waals surface area contributed by atoms with E-state index in [0.29, 0.717) is 19.3 Å². The molecule has 0 aromatic carbocycles. The molecular formula is C23H42O5S2. The Bertz CT molecular complexity index is 746. The molecule has 7 heteroatoms. The highest BCUT2D eigenvalue weighted by Gasteiger charge is 2.65. The molecule has 0 heterocycles. The van der Waals surface area contributed by atoms with E-state index in [1.54, 1.807) is 0 Å². The molecule has 0 N–H and O–H groups in total. The van der Waals surface area contributed by atoms with Crippen molar-refractivity contribution in [2.24, 2.45) is 16.7 Å². The fourth-order valence-electron chi connectivity index (χ4n) is 5.58. The summed E-state index contributed by atoms with van der Waals surface area (Å²) >= 11 is 0. The lowest BCUT2D eigenvalue weighted by atomic mass is 9.70. The van der Waals surface area contributed by atoms with E-state index in [9.17, 15) is 18.0 Å². The molecule has 0 amide bonds. The van der Waals surface area contributed by atoms with Gasteiger partial charge in [-0.15, -0.1) is 10.3 Å². The zero-order chi connectivity index (χ0) is 23.0. The molecule has 2 saturated carbocycles. The van der Waals surface area contributed by atoms with Gasteiger partial charge in [-0.2, -0.15) is 8.42 Å². The molecule has 5 nitrogen and oxygen atoms in total. The van der Waals surface area contributed by atoms with Crippen LogP contribution in [0.25, 0.3) is 0 Å². The van der Waals surface area contributed by atoms with Gasteiger partial charge in [-0.05, 0) is 30.6 Å². The molecule has 0 saturated heterocycles. The van der Waals surface area contributed by atoms with Gasteiger partial charge in [0, 0.05) is 23.3 Å². The third-order valence-electron chi connectivity index (χ3n) is 7.83. The van der Waals surface area contributed by atoms with Gasteiger partial charge >= 0.3 is 0 Å². The Kier molecular flexibility index (Phi) is 7.95. The van der Waals surface area contributed by atoms with Crippen molar-refractivity contribution >= 4 is 32.0 Å². The van der Waals surface area contributed by atoms with Crippen molar-refractivity contribution in [2.45, 2.75) is 104 Å². The monoisotopic (exact) mass is 462 g/mol. The lowest BCUT2D eigenvalue weighted by Gasteiger charge is -2.46. The standard InChI is InChI=1S/C23H42O5S2/c1-8-9-10-11-20(24)15-29(17(2)3,18(4)5)28-30(26,27)16-23-13-12-19(14-21(23)25)22(23,6)7/h17-19H,8-16H2,1-7H3. The molecule has 2 rings (SSSR count). The van der Waals surface area contributed by atoms with Crippen LogP contribution in [0.4, 0.5) is 0 Å². The van der Waals surface area contributed by atoms with Crippen LogP contribution < -0.4 is 0 Å². The molecule has 2 aliphatic rings. The van der Waals surface area contributed by atoms with E-state index in [0.717, 1.165) is 25.7 Å².